The molecule has 0 saturated carbocycles. The largest absolute Gasteiger partial charge is 0.490 e. The van der Waals surface area contributed by atoms with Crippen LogP contribution in [0.2, 0.25) is 5.02 Å². The summed E-state index contributed by atoms with van der Waals surface area (Å²) in [6.07, 6.45) is 0. The minimum Gasteiger partial charge on any atom is -0.490 e. The highest BCUT2D eigenvalue weighted by Gasteiger charge is 2.33. The van der Waals surface area contributed by atoms with Crippen molar-refractivity contribution in [1.29, 1.82) is 5.26 Å². The van der Waals surface area contributed by atoms with Crippen LogP contribution in [0.4, 0.5) is 0 Å². The minimum absolute atomic E-state index is 0.000629. The van der Waals surface area contributed by atoms with E-state index in [1.54, 1.807) is 48.5 Å². The van der Waals surface area contributed by atoms with Gasteiger partial charge in [0.15, 0.2) is 11.6 Å². The van der Waals surface area contributed by atoms with E-state index in [0.717, 1.165) is 0 Å². The SMILES string of the molecule is N#Cc1ccc(OCCOC(=O)c2ccc3c(c2Cl)C(=O)c2ccccc2C3=O)cc1. The van der Waals surface area contributed by atoms with E-state index in [1.165, 1.54) is 12.1 Å². The summed E-state index contributed by atoms with van der Waals surface area (Å²) in [5.74, 6) is -0.920. The Labute approximate surface area is 182 Å². The summed E-state index contributed by atoms with van der Waals surface area (Å²) in [7, 11) is 0. The fourth-order valence-corrected chi connectivity index (χ4v) is 3.63. The Morgan fingerprint density at radius 2 is 1.55 bits per heavy atom. The molecule has 0 aliphatic heterocycles. The van der Waals surface area contributed by atoms with Gasteiger partial charge in [0.25, 0.3) is 0 Å². The molecule has 0 bridgehead atoms. The molecule has 31 heavy (non-hydrogen) atoms. The Balaban J connectivity index is 1.46. The van der Waals surface area contributed by atoms with Crippen molar-refractivity contribution in [3.05, 3.63) is 99.1 Å². The lowest BCUT2D eigenvalue weighted by molar-refractivity contribution is 0.0450. The van der Waals surface area contributed by atoms with Gasteiger partial charge < -0.3 is 9.47 Å². The highest BCUT2D eigenvalue weighted by Crippen LogP contribution is 2.34. The van der Waals surface area contributed by atoms with Crippen LogP contribution in [0.1, 0.15) is 47.8 Å². The molecule has 0 spiro atoms. The van der Waals surface area contributed by atoms with E-state index in [2.05, 4.69) is 0 Å². The molecule has 0 aromatic heterocycles. The van der Waals surface area contributed by atoms with Gasteiger partial charge in [-0.1, -0.05) is 35.9 Å². The summed E-state index contributed by atoms with van der Waals surface area (Å²) in [5.41, 5.74) is 1.24. The average molecular weight is 432 g/mol. The van der Waals surface area contributed by atoms with Crippen molar-refractivity contribution in [1.82, 2.24) is 0 Å². The van der Waals surface area contributed by atoms with Crippen LogP contribution in [0, 0.1) is 11.3 Å². The van der Waals surface area contributed by atoms with Crippen molar-refractivity contribution in [2.24, 2.45) is 0 Å². The highest BCUT2D eigenvalue weighted by molar-refractivity contribution is 6.41. The van der Waals surface area contributed by atoms with E-state index in [-0.39, 0.29) is 46.3 Å². The van der Waals surface area contributed by atoms with Gasteiger partial charge in [-0.2, -0.15) is 5.26 Å². The summed E-state index contributed by atoms with van der Waals surface area (Å²) in [6, 6.07) is 17.8. The Morgan fingerprint density at radius 1 is 0.871 bits per heavy atom. The van der Waals surface area contributed by atoms with Crippen LogP contribution in [0.5, 0.6) is 5.75 Å². The zero-order chi connectivity index (χ0) is 22.0. The van der Waals surface area contributed by atoms with E-state index in [0.29, 0.717) is 16.9 Å². The Bertz CT molecular complexity index is 1260. The highest BCUT2D eigenvalue weighted by atomic mass is 35.5. The number of benzene rings is 3. The third-order valence-electron chi connectivity index (χ3n) is 4.82. The minimum atomic E-state index is -0.727. The maximum absolute atomic E-state index is 12.9. The van der Waals surface area contributed by atoms with Crippen LogP contribution >= 0.6 is 11.6 Å². The summed E-state index contributed by atoms with van der Waals surface area (Å²) in [6.45, 7) is 0.0347. The molecule has 6 nitrogen and oxygen atoms in total. The maximum atomic E-state index is 12.9. The summed E-state index contributed by atoms with van der Waals surface area (Å²) < 4.78 is 10.7. The van der Waals surface area contributed by atoms with Gasteiger partial charge in [-0.05, 0) is 36.4 Å². The third-order valence-corrected chi connectivity index (χ3v) is 5.21. The van der Waals surface area contributed by atoms with E-state index < -0.39 is 11.8 Å². The molecule has 4 rings (SSSR count). The quantitative estimate of drug-likeness (QED) is 0.347. The fraction of sp³-hybridized carbons (Fsp3) is 0.0833. The van der Waals surface area contributed by atoms with Gasteiger partial charge in [-0.3, -0.25) is 9.59 Å². The van der Waals surface area contributed by atoms with Gasteiger partial charge in [-0.25, -0.2) is 4.79 Å². The summed E-state index contributed by atoms with van der Waals surface area (Å²) in [5, 5.41) is 8.68. The van der Waals surface area contributed by atoms with Crippen molar-refractivity contribution in [2.75, 3.05) is 13.2 Å². The molecule has 7 heteroatoms. The lowest BCUT2D eigenvalue weighted by Crippen LogP contribution is -2.22. The normalized spacial score (nSPS) is 11.9. The van der Waals surface area contributed by atoms with Crippen LogP contribution in [-0.4, -0.2) is 30.7 Å². The van der Waals surface area contributed by atoms with Gasteiger partial charge in [-0.15, -0.1) is 0 Å². The maximum Gasteiger partial charge on any atom is 0.339 e. The molecule has 1 aliphatic rings. The second kappa shape index (κ2) is 8.42. The molecule has 152 valence electrons. The monoisotopic (exact) mass is 431 g/mol. The van der Waals surface area contributed by atoms with Crippen LogP contribution in [-0.2, 0) is 4.74 Å². The topological polar surface area (TPSA) is 93.5 Å². The lowest BCUT2D eigenvalue weighted by Gasteiger charge is -2.19. The van der Waals surface area contributed by atoms with Gasteiger partial charge in [0.2, 0.25) is 0 Å². The Kier molecular flexibility index (Phi) is 5.52. The number of halogens is 1. The molecule has 3 aromatic carbocycles. The number of nitrogens with zero attached hydrogens (tertiary/aromatic N) is 1. The number of hydrogen-bond donors (Lipinski definition) is 0. The van der Waals surface area contributed by atoms with Crippen LogP contribution < -0.4 is 4.74 Å². The van der Waals surface area contributed by atoms with Gasteiger partial charge >= 0.3 is 5.97 Å². The van der Waals surface area contributed by atoms with Crippen molar-refractivity contribution >= 4 is 29.1 Å². The van der Waals surface area contributed by atoms with Crippen molar-refractivity contribution in [3.63, 3.8) is 0 Å². The van der Waals surface area contributed by atoms with Crippen molar-refractivity contribution in [2.45, 2.75) is 0 Å². The first-order valence-electron chi connectivity index (χ1n) is 9.32. The van der Waals surface area contributed by atoms with Crippen LogP contribution in [0.25, 0.3) is 0 Å². The van der Waals surface area contributed by atoms with Gasteiger partial charge in [0.05, 0.1) is 27.8 Å². The molecular formula is C24H14ClNO5. The third kappa shape index (κ3) is 3.79. The molecular weight excluding hydrogens is 418 g/mol. The molecule has 3 aromatic rings. The molecule has 0 unspecified atom stereocenters. The van der Waals surface area contributed by atoms with Crippen LogP contribution in [0.3, 0.4) is 0 Å². The molecule has 0 amide bonds. The Hall–Kier alpha value is -3.95. The molecule has 0 radical (unpaired) electrons. The number of nitriles is 1. The number of carbonyl (C=O) groups is 3. The Morgan fingerprint density at radius 3 is 2.23 bits per heavy atom. The zero-order valence-electron chi connectivity index (χ0n) is 16.1. The zero-order valence-corrected chi connectivity index (χ0v) is 16.8. The number of fused-ring (bicyclic) bond motifs is 2. The average Bonchev–Trinajstić information content (AvgIpc) is 2.80. The van der Waals surface area contributed by atoms with E-state index >= 15 is 0 Å². The molecule has 0 fully saturated rings. The predicted molar refractivity (Wildman–Crippen MR) is 112 cm³/mol. The van der Waals surface area contributed by atoms with E-state index in [9.17, 15) is 14.4 Å². The summed E-state index contributed by atoms with van der Waals surface area (Å²) in [4.78, 5) is 38.1. The van der Waals surface area contributed by atoms with Gasteiger partial charge in [0, 0.05) is 16.7 Å². The lowest BCUT2D eigenvalue weighted by atomic mass is 9.83. The first-order chi connectivity index (χ1) is 15.0. The number of esters is 1. The van der Waals surface area contributed by atoms with Crippen molar-refractivity contribution < 1.29 is 23.9 Å². The number of ether oxygens (including phenoxy) is 2. The van der Waals surface area contributed by atoms with Crippen molar-refractivity contribution in [3.8, 4) is 11.8 Å². The predicted octanol–water partition coefficient (Wildman–Crippen LogP) is 4.22. The standard InChI is InChI=1S/C24H14ClNO5/c25-21-19(24(29)31-12-11-30-15-7-5-14(13-26)6-8-15)10-9-18-20(21)23(28)17-4-2-1-3-16(17)22(18)27/h1-10H,11-12H2. The van der Waals surface area contributed by atoms with Crippen LogP contribution in [0.15, 0.2) is 60.7 Å². The second-order valence-electron chi connectivity index (χ2n) is 6.67. The molecule has 1 aliphatic carbocycles. The number of rotatable bonds is 5. The second-order valence-corrected chi connectivity index (χ2v) is 7.05. The van der Waals surface area contributed by atoms with Gasteiger partial charge in [0.1, 0.15) is 19.0 Å². The molecule has 0 saturated heterocycles. The summed E-state index contributed by atoms with van der Waals surface area (Å²) >= 11 is 6.35. The number of ketones is 2. The fourth-order valence-electron chi connectivity index (χ4n) is 3.30. The molecule has 0 N–H and O–H groups in total. The van der Waals surface area contributed by atoms with E-state index in [4.69, 9.17) is 26.3 Å². The van der Waals surface area contributed by atoms with E-state index in [1.807, 2.05) is 6.07 Å². The molecule has 0 heterocycles. The smallest absolute Gasteiger partial charge is 0.339 e. The molecule has 0 atom stereocenters. The number of hydrogen-bond acceptors (Lipinski definition) is 6. The first-order valence-corrected chi connectivity index (χ1v) is 9.70. The first kappa shape index (κ1) is 20.3. The number of carbonyl (C=O) groups excluding carboxylic acids is 3.